The summed E-state index contributed by atoms with van der Waals surface area (Å²) in [6.07, 6.45) is -5.94. The van der Waals surface area contributed by atoms with E-state index in [0.29, 0.717) is 6.07 Å². The Morgan fingerprint density at radius 1 is 1.15 bits per heavy atom. The van der Waals surface area contributed by atoms with Gasteiger partial charge in [-0.2, -0.15) is 13.2 Å². The van der Waals surface area contributed by atoms with Gasteiger partial charge in [-0.3, -0.25) is 24.1 Å². The number of Topliss-reactive ketones (excluding diaryl/α,β-unsaturated/α-hetero) is 2. The van der Waals surface area contributed by atoms with Crippen LogP contribution >= 0.6 is 0 Å². The van der Waals surface area contributed by atoms with Crippen LogP contribution in [0.15, 0.2) is 23.0 Å². The summed E-state index contributed by atoms with van der Waals surface area (Å²) in [5.74, 6) is -10.5. The molecule has 3 aliphatic carbocycles. The highest BCUT2D eigenvalue weighted by molar-refractivity contribution is 6.24. The predicted molar refractivity (Wildman–Crippen MR) is 136 cm³/mol. The molecular formula is C26H29F3N4O8. The van der Waals surface area contributed by atoms with Crippen molar-refractivity contribution in [2.45, 2.75) is 30.7 Å². The van der Waals surface area contributed by atoms with E-state index in [-0.39, 0.29) is 13.0 Å². The number of ketones is 2. The van der Waals surface area contributed by atoms with Crippen LogP contribution in [0.25, 0.3) is 5.76 Å². The summed E-state index contributed by atoms with van der Waals surface area (Å²) in [4.78, 5) is 54.0. The average Bonchev–Trinajstić information content (AvgIpc) is 2.81. The maximum atomic E-state index is 14.2. The highest BCUT2D eigenvalue weighted by Gasteiger charge is 2.64. The first-order valence-electron chi connectivity index (χ1n) is 12.4. The minimum absolute atomic E-state index is 0.250. The van der Waals surface area contributed by atoms with Gasteiger partial charge in [0.2, 0.25) is 11.7 Å². The van der Waals surface area contributed by atoms with Crippen LogP contribution in [-0.2, 0) is 31.8 Å². The van der Waals surface area contributed by atoms with Gasteiger partial charge < -0.3 is 36.4 Å². The van der Waals surface area contributed by atoms with Crippen LogP contribution in [-0.4, -0.2) is 100.0 Å². The average molecular weight is 583 g/mol. The number of aliphatic hydroxyl groups excluding tert-OH is 2. The van der Waals surface area contributed by atoms with Gasteiger partial charge in [-0.05, 0) is 58.6 Å². The molecule has 7 N–H and O–H groups in total. The van der Waals surface area contributed by atoms with E-state index < -0.39 is 110 Å². The lowest BCUT2D eigenvalue weighted by molar-refractivity contribution is -0.153. The molecule has 0 saturated heterocycles. The number of amides is 2. The number of aromatic hydroxyl groups is 1. The van der Waals surface area contributed by atoms with Gasteiger partial charge in [0, 0.05) is 11.5 Å². The number of carbonyl (C=O) groups is 4. The van der Waals surface area contributed by atoms with Gasteiger partial charge in [0.15, 0.2) is 11.4 Å². The normalized spacial score (nSPS) is 26.2. The summed E-state index contributed by atoms with van der Waals surface area (Å²) in [7, 11) is 5.87. The standard InChI is InChI=1S/C26H29F3N4O8/c1-32(2)8-14(34)31-13-7-11(26(27,28)29)10-5-9-6-12-18(33(3)4)21(37)17(24(30)40)23(39)25(12,41)22(38)15(9)20(36)16(10)19(13)35/h7,9,12,18,35-36,39,41H,5-6,8H2,1-4H3,(H2,30,40)(H,31,34)/t9-,12-,18-,25-/m0/s1. The second-order valence-corrected chi connectivity index (χ2v) is 10.9. The van der Waals surface area contributed by atoms with Gasteiger partial charge in [0.25, 0.3) is 5.91 Å². The van der Waals surface area contributed by atoms with Gasteiger partial charge in [0.1, 0.15) is 22.8 Å². The number of hydrogen-bond donors (Lipinski definition) is 6. The van der Waals surface area contributed by atoms with Crippen LogP contribution in [0.2, 0.25) is 0 Å². The van der Waals surface area contributed by atoms with Crippen LogP contribution in [0, 0.1) is 11.8 Å². The van der Waals surface area contributed by atoms with Crippen LogP contribution in [0.3, 0.4) is 0 Å². The topological polar surface area (TPSA) is 194 Å². The number of anilines is 1. The molecule has 0 aromatic heterocycles. The fourth-order valence-corrected chi connectivity index (χ4v) is 6.14. The number of nitrogens with zero attached hydrogens (tertiary/aromatic N) is 2. The quantitative estimate of drug-likeness (QED) is 0.210. The van der Waals surface area contributed by atoms with Gasteiger partial charge in [0.05, 0.1) is 29.4 Å². The number of nitrogens with two attached hydrogens (primary N) is 1. The molecule has 222 valence electrons. The third kappa shape index (κ3) is 4.53. The van der Waals surface area contributed by atoms with Crippen molar-refractivity contribution in [3.05, 3.63) is 39.7 Å². The minimum Gasteiger partial charge on any atom is -0.508 e. The molecule has 15 heteroatoms. The number of aliphatic hydroxyl groups is 3. The van der Waals surface area contributed by atoms with Gasteiger partial charge in [-0.1, -0.05) is 0 Å². The fraction of sp³-hybridized carbons (Fsp3) is 0.462. The molecule has 0 aliphatic heterocycles. The van der Waals surface area contributed by atoms with E-state index in [2.05, 4.69) is 5.32 Å². The SMILES string of the molecule is CN(C)CC(=O)Nc1cc(C(F)(F)F)c2c(c1O)C(O)=C1C(=O)[C@]3(O)C(O)=C(C(N)=O)C(=O)[C@@H](N(C)C)[C@@H]3C[C@@H]1C2. The Labute approximate surface area is 231 Å². The smallest absolute Gasteiger partial charge is 0.416 e. The molecule has 0 bridgehead atoms. The molecule has 4 rings (SSSR count). The Morgan fingerprint density at radius 3 is 2.27 bits per heavy atom. The first-order chi connectivity index (χ1) is 18.8. The lowest BCUT2D eigenvalue weighted by Crippen LogP contribution is -2.65. The number of hydrogen-bond acceptors (Lipinski definition) is 10. The number of carbonyl (C=O) groups excluding carboxylic acids is 4. The van der Waals surface area contributed by atoms with E-state index in [9.17, 15) is 52.8 Å². The predicted octanol–water partition coefficient (Wildman–Crippen LogP) is 0.483. The van der Waals surface area contributed by atoms with E-state index in [1.54, 1.807) is 0 Å². The number of primary amides is 1. The Hall–Kier alpha value is -3.95. The number of phenols is 1. The van der Waals surface area contributed by atoms with Crippen LogP contribution in [0.1, 0.15) is 23.1 Å². The van der Waals surface area contributed by atoms with E-state index in [0.717, 1.165) is 0 Å². The number of alkyl halides is 3. The highest BCUT2D eigenvalue weighted by atomic mass is 19.4. The molecule has 2 amide bonds. The van der Waals surface area contributed by atoms with E-state index >= 15 is 0 Å². The van der Waals surface area contributed by atoms with Crippen LogP contribution in [0.5, 0.6) is 5.75 Å². The molecule has 41 heavy (non-hydrogen) atoms. The molecule has 1 aromatic carbocycles. The molecule has 1 saturated carbocycles. The monoisotopic (exact) mass is 582 g/mol. The molecular weight excluding hydrogens is 553 g/mol. The number of likely N-dealkylation sites (N-methyl/N-ethyl adjacent to an activating group) is 2. The first kappa shape index (κ1) is 30.0. The van der Waals surface area contributed by atoms with Crippen molar-refractivity contribution in [3.8, 4) is 5.75 Å². The lowest BCUT2D eigenvalue weighted by atomic mass is 9.57. The molecule has 4 atom stereocenters. The second-order valence-electron chi connectivity index (χ2n) is 10.9. The number of nitrogens with one attached hydrogen (secondary N) is 1. The zero-order chi connectivity index (χ0) is 30.9. The van der Waals surface area contributed by atoms with E-state index in [1.165, 1.54) is 38.0 Å². The molecule has 0 unspecified atom stereocenters. The zero-order valence-corrected chi connectivity index (χ0v) is 22.5. The van der Waals surface area contributed by atoms with Crippen molar-refractivity contribution in [2.24, 2.45) is 17.6 Å². The van der Waals surface area contributed by atoms with Crippen molar-refractivity contribution in [3.63, 3.8) is 0 Å². The van der Waals surface area contributed by atoms with Crippen molar-refractivity contribution >= 4 is 34.8 Å². The maximum absolute atomic E-state index is 14.2. The summed E-state index contributed by atoms with van der Waals surface area (Å²) < 4.78 is 42.7. The molecule has 3 aliphatic rings. The van der Waals surface area contributed by atoms with E-state index in [4.69, 9.17) is 5.73 Å². The third-order valence-corrected chi connectivity index (χ3v) is 7.76. The van der Waals surface area contributed by atoms with Crippen LogP contribution in [0.4, 0.5) is 18.9 Å². The first-order valence-corrected chi connectivity index (χ1v) is 12.4. The molecule has 0 radical (unpaired) electrons. The van der Waals surface area contributed by atoms with Crippen LogP contribution < -0.4 is 11.1 Å². The number of fused-ring (bicyclic) bond motifs is 3. The van der Waals surface area contributed by atoms with Crippen molar-refractivity contribution in [1.29, 1.82) is 0 Å². The molecule has 0 spiro atoms. The summed E-state index contributed by atoms with van der Waals surface area (Å²) >= 11 is 0. The summed E-state index contributed by atoms with van der Waals surface area (Å²) in [5, 5.41) is 46.8. The van der Waals surface area contributed by atoms with Gasteiger partial charge in [-0.25, -0.2) is 0 Å². The summed E-state index contributed by atoms with van der Waals surface area (Å²) in [5.41, 5.74) is -2.61. The largest absolute Gasteiger partial charge is 0.508 e. The Balaban J connectivity index is 1.98. The van der Waals surface area contributed by atoms with Gasteiger partial charge in [-0.15, -0.1) is 0 Å². The number of rotatable bonds is 5. The third-order valence-electron chi connectivity index (χ3n) is 7.76. The zero-order valence-electron chi connectivity index (χ0n) is 22.5. The molecule has 1 fully saturated rings. The summed E-state index contributed by atoms with van der Waals surface area (Å²) in [6.45, 7) is -0.250. The highest BCUT2D eigenvalue weighted by Crippen LogP contribution is 2.55. The lowest BCUT2D eigenvalue weighted by Gasteiger charge is -2.50. The Bertz CT molecular complexity index is 1450. The Kier molecular flexibility index (Phi) is 7.21. The molecule has 1 aromatic rings. The van der Waals surface area contributed by atoms with E-state index in [1.807, 2.05) is 0 Å². The maximum Gasteiger partial charge on any atom is 0.416 e. The van der Waals surface area contributed by atoms with Gasteiger partial charge >= 0.3 is 6.18 Å². The van der Waals surface area contributed by atoms with Crippen molar-refractivity contribution in [2.75, 3.05) is 40.1 Å². The second kappa shape index (κ2) is 9.85. The molecule has 0 heterocycles. The summed E-state index contributed by atoms with van der Waals surface area (Å²) in [6, 6.07) is -0.848. The number of benzene rings is 1. The number of phenolic OH excluding ortho intramolecular Hbond substituents is 1. The molecule has 12 nitrogen and oxygen atoms in total. The number of halogens is 3. The Morgan fingerprint density at radius 2 is 1.76 bits per heavy atom. The van der Waals surface area contributed by atoms with Crippen molar-refractivity contribution < 1.29 is 52.8 Å². The van der Waals surface area contributed by atoms with Crippen molar-refractivity contribution in [1.82, 2.24) is 9.80 Å². The minimum atomic E-state index is -5.01. The fourth-order valence-electron chi connectivity index (χ4n) is 6.14.